The van der Waals surface area contributed by atoms with Crippen molar-refractivity contribution in [1.82, 2.24) is 0 Å². The molecule has 0 spiro atoms. The van der Waals surface area contributed by atoms with Crippen LogP contribution in [0.3, 0.4) is 0 Å². The van der Waals surface area contributed by atoms with Crippen molar-refractivity contribution in [3.05, 3.63) is 24.3 Å². The second-order valence-electron chi connectivity index (χ2n) is 5.90. The van der Waals surface area contributed by atoms with E-state index in [1.807, 2.05) is 41.5 Å². The third-order valence-corrected chi connectivity index (χ3v) is 2.33. The van der Waals surface area contributed by atoms with Crippen LogP contribution in [0.2, 0.25) is 0 Å². The molecule has 0 saturated carbocycles. The number of hydrogen-bond donors (Lipinski definition) is 0. The Morgan fingerprint density at radius 3 is 2.11 bits per heavy atom. The molecule has 0 heterocycles. The summed E-state index contributed by atoms with van der Waals surface area (Å²) in [6.45, 7) is 15.1. The SMILES string of the molecule is C=C[C@](C)(CCC=C(C)C)OC(=O)OC(C)(C)C. The van der Waals surface area contributed by atoms with Gasteiger partial charge in [-0.1, -0.05) is 18.2 Å². The molecule has 3 heteroatoms. The molecule has 0 fully saturated rings. The number of carbonyl (C=O) groups is 1. The van der Waals surface area contributed by atoms with E-state index in [1.165, 1.54) is 5.57 Å². The highest BCUT2D eigenvalue weighted by Gasteiger charge is 2.27. The standard InChI is InChI=1S/C15H26O3/c1-8-15(7,11-9-10-12(2)3)18-13(16)17-14(4,5)6/h8,10H,1,9,11H2,2-7H3/t15-/m1/s1. The molecule has 18 heavy (non-hydrogen) atoms. The van der Waals surface area contributed by atoms with Crippen LogP contribution in [0.4, 0.5) is 4.79 Å². The zero-order valence-electron chi connectivity index (χ0n) is 12.5. The molecule has 0 amide bonds. The molecule has 1 atom stereocenters. The van der Waals surface area contributed by atoms with Gasteiger partial charge in [0.1, 0.15) is 11.2 Å². The zero-order valence-corrected chi connectivity index (χ0v) is 12.5. The van der Waals surface area contributed by atoms with Gasteiger partial charge in [0, 0.05) is 0 Å². The van der Waals surface area contributed by atoms with Crippen molar-refractivity contribution in [3.63, 3.8) is 0 Å². The number of allylic oxidation sites excluding steroid dienone is 2. The fourth-order valence-corrected chi connectivity index (χ4v) is 1.30. The topological polar surface area (TPSA) is 35.5 Å². The lowest BCUT2D eigenvalue weighted by molar-refractivity contribution is -0.0453. The quantitative estimate of drug-likeness (QED) is 0.530. The third-order valence-electron chi connectivity index (χ3n) is 2.33. The van der Waals surface area contributed by atoms with Crippen molar-refractivity contribution in [2.75, 3.05) is 0 Å². The Bertz CT molecular complexity index is 319. The normalized spacial score (nSPS) is 14.3. The maximum atomic E-state index is 11.6. The van der Waals surface area contributed by atoms with Gasteiger partial charge in [-0.15, -0.1) is 0 Å². The largest absolute Gasteiger partial charge is 0.509 e. The molecule has 0 aliphatic rings. The van der Waals surface area contributed by atoms with Crippen LogP contribution in [0.1, 0.15) is 54.4 Å². The van der Waals surface area contributed by atoms with E-state index < -0.39 is 17.4 Å². The summed E-state index contributed by atoms with van der Waals surface area (Å²) in [5.74, 6) is 0. The second-order valence-corrected chi connectivity index (χ2v) is 5.90. The fraction of sp³-hybridized carbons (Fsp3) is 0.667. The summed E-state index contributed by atoms with van der Waals surface area (Å²) >= 11 is 0. The van der Waals surface area contributed by atoms with Crippen molar-refractivity contribution in [1.29, 1.82) is 0 Å². The lowest BCUT2D eigenvalue weighted by Crippen LogP contribution is -2.33. The van der Waals surface area contributed by atoms with Crippen molar-refractivity contribution >= 4 is 6.16 Å². The monoisotopic (exact) mass is 254 g/mol. The predicted molar refractivity (Wildman–Crippen MR) is 74.6 cm³/mol. The van der Waals surface area contributed by atoms with Crippen LogP contribution in [0.5, 0.6) is 0 Å². The maximum absolute atomic E-state index is 11.6. The lowest BCUT2D eigenvalue weighted by atomic mass is 9.99. The zero-order chi connectivity index (χ0) is 14.4. The molecular formula is C15H26O3. The number of hydrogen-bond acceptors (Lipinski definition) is 3. The average Bonchev–Trinajstić information content (AvgIpc) is 2.13. The third kappa shape index (κ3) is 7.93. The van der Waals surface area contributed by atoms with E-state index in [9.17, 15) is 4.79 Å². The first-order chi connectivity index (χ1) is 8.08. The number of carbonyl (C=O) groups excluding carboxylic acids is 1. The van der Waals surface area contributed by atoms with Crippen molar-refractivity contribution < 1.29 is 14.3 Å². The van der Waals surface area contributed by atoms with Gasteiger partial charge in [0.2, 0.25) is 0 Å². The molecular weight excluding hydrogens is 228 g/mol. The molecule has 0 N–H and O–H groups in total. The van der Waals surface area contributed by atoms with Gasteiger partial charge >= 0.3 is 6.16 Å². The first-order valence-electron chi connectivity index (χ1n) is 6.27. The summed E-state index contributed by atoms with van der Waals surface area (Å²) in [5, 5.41) is 0. The highest BCUT2D eigenvalue weighted by molar-refractivity contribution is 5.61. The van der Waals surface area contributed by atoms with Gasteiger partial charge in [-0.25, -0.2) is 4.79 Å². The maximum Gasteiger partial charge on any atom is 0.509 e. The van der Waals surface area contributed by atoms with Crippen LogP contribution >= 0.6 is 0 Å². The summed E-state index contributed by atoms with van der Waals surface area (Å²) < 4.78 is 10.5. The summed E-state index contributed by atoms with van der Waals surface area (Å²) in [5.41, 5.74) is 0.0200. The van der Waals surface area contributed by atoms with Gasteiger partial charge in [-0.2, -0.15) is 0 Å². The van der Waals surface area contributed by atoms with Crippen LogP contribution in [-0.4, -0.2) is 17.4 Å². The Morgan fingerprint density at radius 1 is 1.17 bits per heavy atom. The van der Waals surface area contributed by atoms with Gasteiger partial charge < -0.3 is 9.47 Å². The van der Waals surface area contributed by atoms with Crippen LogP contribution in [0.25, 0.3) is 0 Å². The molecule has 0 rings (SSSR count). The molecule has 3 nitrogen and oxygen atoms in total. The Hall–Kier alpha value is -1.25. The molecule has 0 aromatic heterocycles. The Morgan fingerprint density at radius 2 is 1.72 bits per heavy atom. The Balaban J connectivity index is 4.43. The molecule has 0 aliphatic heterocycles. The summed E-state index contributed by atoms with van der Waals surface area (Å²) in [6.07, 6.45) is 4.65. The van der Waals surface area contributed by atoms with Crippen LogP contribution in [0, 0.1) is 0 Å². The molecule has 0 unspecified atom stereocenters. The van der Waals surface area contributed by atoms with Crippen LogP contribution in [0.15, 0.2) is 24.3 Å². The van der Waals surface area contributed by atoms with E-state index in [2.05, 4.69) is 12.7 Å². The number of rotatable bonds is 5. The fourth-order valence-electron chi connectivity index (χ4n) is 1.30. The van der Waals surface area contributed by atoms with Crippen molar-refractivity contribution in [2.45, 2.75) is 65.6 Å². The minimum atomic E-state index is -0.686. The van der Waals surface area contributed by atoms with Crippen molar-refractivity contribution in [3.8, 4) is 0 Å². The molecule has 0 aliphatic carbocycles. The Kier molecular flexibility index (Phi) is 6.16. The average molecular weight is 254 g/mol. The summed E-state index contributed by atoms with van der Waals surface area (Å²) in [6, 6.07) is 0. The highest BCUT2D eigenvalue weighted by atomic mass is 16.7. The predicted octanol–water partition coefficient (Wildman–Crippen LogP) is 4.63. The molecule has 0 saturated heterocycles. The van der Waals surface area contributed by atoms with E-state index in [0.29, 0.717) is 6.42 Å². The van der Waals surface area contributed by atoms with Crippen LogP contribution in [-0.2, 0) is 9.47 Å². The van der Waals surface area contributed by atoms with E-state index in [0.717, 1.165) is 6.42 Å². The van der Waals surface area contributed by atoms with Gasteiger partial charge in [0.15, 0.2) is 0 Å². The molecule has 104 valence electrons. The first-order valence-corrected chi connectivity index (χ1v) is 6.27. The number of ether oxygens (including phenoxy) is 2. The van der Waals surface area contributed by atoms with E-state index >= 15 is 0 Å². The smallest absolute Gasteiger partial charge is 0.429 e. The first kappa shape index (κ1) is 16.8. The molecule has 0 aromatic rings. The minimum Gasteiger partial charge on any atom is -0.429 e. The van der Waals surface area contributed by atoms with E-state index in [4.69, 9.17) is 9.47 Å². The Labute approximate surface area is 111 Å². The molecule has 0 bridgehead atoms. The van der Waals surface area contributed by atoms with Crippen molar-refractivity contribution in [2.24, 2.45) is 0 Å². The van der Waals surface area contributed by atoms with Gasteiger partial charge in [0.25, 0.3) is 0 Å². The van der Waals surface area contributed by atoms with Gasteiger partial charge in [-0.05, 0) is 60.5 Å². The minimum absolute atomic E-state index is 0.543. The van der Waals surface area contributed by atoms with Crippen LogP contribution < -0.4 is 0 Å². The van der Waals surface area contributed by atoms with E-state index in [1.54, 1.807) is 6.08 Å². The lowest BCUT2D eigenvalue weighted by Gasteiger charge is -2.27. The van der Waals surface area contributed by atoms with Gasteiger partial charge in [0.05, 0.1) is 0 Å². The molecule has 0 aromatic carbocycles. The molecule has 0 radical (unpaired) electrons. The van der Waals surface area contributed by atoms with Gasteiger partial charge in [-0.3, -0.25) is 0 Å². The van der Waals surface area contributed by atoms with E-state index in [-0.39, 0.29) is 0 Å². The summed E-state index contributed by atoms with van der Waals surface area (Å²) in [7, 11) is 0. The highest BCUT2D eigenvalue weighted by Crippen LogP contribution is 2.22. The second kappa shape index (κ2) is 6.62. The summed E-state index contributed by atoms with van der Waals surface area (Å²) in [4.78, 5) is 11.6.